The Bertz CT molecular complexity index is 460. The zero-order valence-electron chi connectivity index (χ0n) is 8.24. The van der Waals surface area contributed by atoms with Gasteiger partial charge in [-0.3, -0.25) is 0 Å². The lowest BCUT2D eigenvalue weighted by Crippen LogP contribution is -1.83. The minimum atomic E-state index is 0.765. The van der Waals surface area contributed by atoms with E-state index in [0.717, 1.165) is 10.0 Å². The van der Waals surface area contributed by atoms with Crippen molar-refractivity contribution < 1.29 is 0 Å². The number of nitrogen functional groups attached to an aromatic ring is 1. The second-order valence-corrected chi connectivity index (χ2v) is 4.45. The number of anilines is 1. The predicted octanol–water partition coefficient (Wildman–Crippen LogP) is 3.01. The number of aromatic nitrogens is 1. The van der Waals surface area contributed by atoms with Crippen molar-refractivity contribution in [1.82, 2.24) is 4.98 Å². The molecule has 0 fully saturated rings. The van der Waals surface area contributed by atoms with E-state index < -0.39 is 0 Å². The van der Waals surface area contributed by atoms with Crippen molar-refractivity contribution in [3.8, 4) is 10.6 Å². The largest absolute Gasteiger partial charge is 0.389 e. The smallest absolute Gasteiger partial charge is 0.125 e. The van der Waals surface area contributed by atoms with Crippen LogP contribution in [0.15, 0.2) is 24.4 Å². The summed E-state index contributed by atoms with van der Waals surface area (Å²) in [7, 11) is 0. The molecular weight excluding hydrogens is 192 g/mol. The summed E-state index contributed by atoms with van der Waals surface area (Å²) in [6.45, 7) is 4.17. The molecule has 0 saturated carbocycles. The van der Waals surface area contributed by atoms with Gasteiger partial charge in [-0.2, -0.15) is 0 Å². The van der Waals surface area contributed by atoms with Gasteiger partial charge in [-0.1, -0.05) is 29.0 Å². The molecule has 0 atom stereocenters. The SMILES string of the molecule is Cc1ccc(C)c(-c2ncc(N)s2)c1. The Hall–Kier alpha value is -1.35. The minimum Gasteiger partial charge on any atom is -0.389 e. The zero-order chi connectivity index (χ0) is 10.1. The van der Waals surface area contributed by atoms with Gasteiger partial charge in [-0.25, -0.2) is 4.98 Å². The van der Waals surface area contributed by atoms with Gasteiger partial charge in [0.1, 0.15) is 10.0 Å². The molecule has 2 N–H and O–H groups in total. The molecule has 0 aliphatic rings. The third kappa shape index (κ3) is 1.63. The molecule has 2 aromatic rings. The number of hydrogen-bond acceptors (Lipinski definition) is 3. The minimum absolute atomic E-state index is 0.765. The number of hydrogen-bond donors (Lipinski definition) is 1. The van der Waals surface area contributed by atoms with Crippen LogP contribution in [0.1, 0.15) is 11.1 Å². The predicted molar refractivity (Wildman–Crippen MR) is 61.4 cm³/mol. The van der Waals surface area contributed by atoms with Crippen LogP contribution in [-0.2, 0) is 0 Å². The van der Waals surface area contributed by atoms with Crippen molar-refractivity contribution in [2.24, 2.45) is 0 Å². The number of benzene rings is 1. The van der Waals surface area contributed by atoms with E-state index >= 15 is 0 Å². The molecule has 0 amide bonds. The molecule has 0 unspecified atom stereocenters. The Morgan fingerprint density at radius 2 is 2.07 bits per heavy atom. The Balaban J connectivity index is 2.55. The maximum atomic E-state index is 5.66. The summed E-state index contributed by atoms with van der Waals surface area (Å²) in [5.41, 5.74) is 9.34. The third-order valence-electron chi connectivity index (χ3n) is 2.15. The van der Waals surface area contributed by atoms with Crippen molar-refractivity contribution in [1.29, 1.82) is 0 Å². The molecule has 14 heavy (non-hydrogen) atoms. The van der Waals surface area contributed by atoms with Gasteiger partial charge in [0.25, 0.3) is 0 Å². The highest BCUT2D eigenvalue weighted by Crippen LogP contribution is 2.29. The number of rotatable bonds is 1. The molecule has 2 rings (SSSR count). The molecule has 1 aromatic heterocycles. The maximum absolute atomic E-state index is 5.66. The second kappa shape index (κ2) is 3.42. The average Bonchev–Trinajstić information content (AvgIpc) is 2.56. The molecule has 1 aromatic carbocycles. The Kier molecular flexibility index (Phi) is 2.25. The van der Waals surface area contributed by atoms with E-state index in [-0.39, 0.29) is 0 Å². The van der Waals surface area contributed by atoms with E-state index in [9.17, 15) is 0 Å². The van der Waals surface area contributed by atoms with Crippen LogP contribution in [0.3, 0.4) is 0 Å². The summed E-state index contributed by atoms with van der Waals surface area (Å²) in [6, 6.07) is 6.37. The van der Waals surface area contributed by atoms with Crippen LogP contribution >= 0.6 is 11.3 Å². The lowest BCUT2D eigenvalue weighted by Gasteiger charge is -2.02. The molecule has 0 aliphatic heterocycles. The Labute approximate surface area is 87.4 Å². The fourth-order valence-electron chi connectivity index (χ4n) is 1.38. The second-order valence-electron chi connectivity index (χ2n) is 3.39. The molecule has 0 saturated heterocycles. The van der Waals surface area contributed by atoms with Crippen molar-refractivity contribution in [3.63, 3.8) is 0 Å². The van der Waals surface area contributed by atoms with Gasteiger partial charge in [0.05, 0.1) is 6.20 Å². The van der Waals surface area contributed by atoms with Gasteiger partial charge >= 0.3 is 0 Å². The first-order chi connectivity index (χ1) is 6.66. The highest BCUT2D eigenvalue weighted by atomic mass is 32.1. The lowest BCUT2D eigenvalue weighted by molar-refractivity contribution is 1.35. The highest BCUT2D eigenvalue weighted by molar-refractivity contribution is 7.18. The molecule has 3 heteroatoms. The maximum Gasteiger partial charge on any atom is 0.125 e. The quantitative estimate of drug-likeness (QED) is 0.775. The summed E-state index contributed by atoms with van der Waals surface area (Å²) >= 11 is 1.53. The first-order valence-electron chi connectivity index (χ1n) is 4.46. The Morgan fingerprint density at radius 3 is 2.71 bits per heavy atom. The number of thiazole rings is 1. The molecule has 0 aliphatic carbocycles. The van der Waals surface area contributed by atoms with Crippen LogP contribution in [0.25, 0.3) is 10.6 Å². The highest BCUT2D eigenvalue weighted by Gasteiger charge is 2.05. The van der Waals surface area contributed by atoms with Gasteiger partial charge in [-0.15, -0.1) is 0 Å². The van der Waals surface area contributed by atoms with Crippen molar-refractivity contribution in [2.45, 2.75) is 13.8 Å². The van der Waals surface area contributed by atoms with Crippen LogP contribution < -0.4 is 5.73 Å². The van der Waals surface area contributed by atoms with E-state index in [1.807, 2.05) is 0 Å². The molecule has 1 heterocycles. The third-order valence-corrected chi connectivity index (χ3v) is 3.01. The molecule has 72 valence electrons. The average molecular weight is 204 g/mol. The van der Waals surface area contributed by atoms with Crippen LogP contribution in [0.5, 0.6) is 0 Å². The van der Waals surface area contributed by atoms with Gasteiger partial charge in [-0.05, 0) is 25.5 Å². The summed E-state index contributed by atoms with van der Waals surface area (Å²) in [5, 5.41) is 1.77. The summed E-state index contributed by atoms with van der Waals surface area (Å²) < 4.78 is 0. The summed E-state index contributed by atoms with van der Waals surface area (Å²) in [5.74, 6) is 0. The van der Waals surface area contributed by atoms with Gasteiger partial charge < -0.3 is 5.73 Å². The number of nitrogens with two attached hydrogens (primary N) is 1. The van der Waals surface area contributed by atoms with Gasteiger partial charge in [0.15, 0.2) is 0 Å². The van der Waals surface area contributed by atoms with Crippen molar-refractivity contribution in [3.05, 3.63) is 35.5 Å². The molecule has 2 nitrogen and oxygen atoms in total. The van der Waals surface area contributed by atoms with E-state index in [4.69, 9.17) is 5.73 Å². The van der Waals surface area contributed by atoms with Crippen LogP contribution in [0.4, 0.5) is 5.00 Å². The lowest BCUT2D eigenvalue weighted by atomic mass is 10.1. The zero-order valence-corrected chi connectivity index (χ0v) is 9.06. The van der Waals surface area contributed by atoms with Crippen molar-refractivity contribution >= 4 is 16.3 Å². The van der Waals surface area contributed by atoms with E-state index in [1.54, 1.807) is 6.20 Å². The van der Waals surface area contributed by atoms with E-state index in [2.05, 4.69) is 37.0 Å². The van der Waals surface area contributed by atoms with E-state index in [0.29, 0.717) is 0 Å². The number of nitrogens with zero attached hydrogens (tertiary/aromatic N) is 1. The molecule has 0 bridgehead atoms. The van der Waals surface area contributed by atoms with Crippen LogP contribution in [0.2, 0.25) is 0 Å². The molecule has 0 radical (unpaired) electrons. The van der Waals surface area contributed by atoms with Gasteiger partial charge in [0, 0.05) is 5.56 Å². The fourth-order valence-corrected chi connectivity index (χ4v) is 2.14. The standard InChI is InChI=1S/C11H12N2S/c1-7-3-4-8(2)9(5-7)11-13-6-10(12)14-11/h3-6H,12H2,1-2H3. The first-order valence-corrected chi connectivity index (χ1v) is 5.27. The fraction of sp³-hybridized carbons (Fsp3) is 0.182. The van der Waals surface area contributed by atoms with Gasteiger partial charge in [0.2, 0.25) is 0 Å². The summed E-state index contributed by atoms with van der Waals surface area (Å²) in [6.07, 6.45) is 1.71. The molecule has 0 spiro atoms. The Morgan fingerprint density at radius 1 is 1.29 bits per heavy atom. The van der Waals surface area contributed by atoms with Crippen LogP contribution in [-0.4, -0.2) is 4.98 Å². The monoisotopic (exact) mass is 204 g/mol. The van der Waals surface area contributed by atoms with Crippen LogP contribution in [0, 0.1) is 13.8 Å². The van der Waals surface area contributed by atoms with Crippen molar-refractivity contribution in [2.75, 3.05) is 5.73 Å². The topological polar surface area (TPSA) is 38.9 Å². The molecular formula is C11H12N2S. The number of aryl methyl sites for hydroxylation is 2. The summed E-state index contributed by atoms with van der Waals surface area (Å²) in [4.78, 5) is 4.28. The van der Waals surface area contributed by atoms with E-state index in [1.165, 1.54) is 28.0 Å². The normalized spacial score (nSPS) is 10.4. The first kappa shape index (κ1) is 9.21.